The Balaban J connectivity index is 3.48. The van der Waals surface area contributed by atoms with Crippen LogP contribution in [-0.2, 0) is 9.59 Å². The first-order valence-corrected chi connectivity index (χ1v) is 4.92. The van der Waals surface area contributed by atoms with Crippen LogP contribution in [0.4, 0.5) is 0 Å². The second-order valence-electron chi connectivity index (χ2n) is 3.17. The van der Waals surface area contributed by atoms with Gasteiger partial charge in [0.15, 0.2) is 0 Å². The fraction of sp³-hybridized carbons (Fsp3) is 0.600. The summed E-state index contributed by atoms with van der Waals surface area (Å²) in [5, 5.41) is 14.0. The van der Waals surface area contributed by atoms with Crippen LogP contribution in [0.25, 0.3) is 0 Å². The minimum atomic E-state index is -0.840. The van der Waals surface area contributed by atoms with E-state index in [1.165, 1.54) is 6.08 Å². The molecule has 15 heavy (non-hydrogen) atoms. The summed E-state index contributed by atoms with van der Waals surface area (Å²) in [7, 11) is 1.62. The number of amides is 1. The monoisotopic (exact) mass is 214 g/mol. The molecule has 3 N–H and O–H groups in total. The lowest BCUT2D eigenvalue weighted by Gasteiger charge is -2.10. The number of unbranched alkanes of at least 4 members (excludes halogenated alkanes) is 1. The Bertz CT molecular complexity index is 229. The number of carboxylic acid groups (broad SMARTS) is 1. The summed E-state index contributed by atoms with van der Waals surface area (Å²) in [6, 6.07) is -0.500. The lowest BCUT2D eigenvalue weighted by molar-refractivity contribution is -0.139. The van der Waals surface area contributed by atoms with Crippen molar-refractivity contribution in [2.75, 3.05) is 13.6 Å². The van der Waals surface area contributed by atoms with E-state index >= 15 is 0 Å². The molecule has 5 heteroatoms. The first-order valence-electron chi connectivity index (χ1n) is 4.92. The molecule has 0 fully saturated rings. The SMILES string of the molecule is C=CC(=O)NCCCCC(NC)C(=O)O. The van der Waals surface area contributed by atoms with Crippen molar-refractivity contribution in [1.29, 1.82) is 0 Å². The van der Waals surface area contributed by atoms with Crippen molar-refractivity contribution in [2.45, 2.75) is 25.3 Å². The average Bonchev–Trinajstić information content (AvgIpc) is 2.22. The van der Waals surface area contributed by atoms with Crippen LogP contribution in [0, 0.1) is 0 Å². The number of likely N-dealkylation sites (N-methyl/N-ethyl adjacent to an activating group) is 1. The Labute approximate surface area is 89.6 Å². The van der Waals surface area contributed by atoms with Gasteiger partial charge in [-0.05, 0) is 32.4 Å². The molecular formula is C10H18N2O3. The molecule has 0 radical (unpaired) electrons. The van der Waals surface area contributed by atoms with Gasteiger partial charge in [-0.25, -0.2) is 0 Å². The van der Waals surface area contributed by atoms with Crippen LogP contribution in [0.5, 0.6) is 0 Å². The topological polar surface area (TPSA) is 78.4 Å². The summed E-state index contributed by atoms with van der Waals surface area (Å²) < 4.78 is 0. The standard InChI is InChI=1S/C10H18N2O3/c1-3-9(13)12-7-5-4-6-8(11-2)10(14)15/h3,8,11H,1,4-7H2,2H3,(H,12,13)(H,14,15). The van der Waals surface area contributed by atoms with E-state index in [1.54, 1.807) is 7.05 Å². The van der Waals surface area contributed by atoms with Gasteiger partial charge in [-0.2, -0.15) is 0 Å². The molecule has 0 aromatic carbocycles. The zero-order chi connectivity index (χ0) is 11.7. The molecule has 1 atom stereocenters. The molecule has 86 valence electrons. The predicted octanol–water partition coefficient (Wildman–Crippen LogP) is 0.132. The van der Waals surface area contributed by atoms with Gasteiger partial charge in [0.25, 0.3) is 0 Å². The highest BCUT2D eigenvalue weighted by Crippen LogP contribution is 2.00. The van der Waals surface area contributed by atoms with E-state index in [4.69, 9.17) is 5.11 Å². The van der Waals surface area contributed by atoms with Crippen molar-refractivity contribution in [2.24, 2.45) is 0 Å². The van der Waals surface area contributed by atoms with E-state index in [9.17, 15) is 9.59 Å². The van der Waals surface area contributed by atoms with E-state index in [2.05, 4.69) is 17.2 Å². The van der Waals surface area contributed by atoms with E-state index in [0.717, 1.165) is 12.8 Å². The summed E-state index contributed by atoms with van der Waals surface area (Å²) in [4.78, 5) is 21.3. The lowest BCUT2D eigenvalue weighted by Crippen LogP contribution is -2.33. The van der Waals surface area contributed by atoms with Crippen molar-refractivity contribution in [3.63, 3.8) is 0 Å². The molecule has 0 rings (SSSR count). The van der Waals surface area contributed by atoms with Gasteiger partial charge in [0.05, 0.1) is 0 Å². The molecule has 1 unspecified atom stereocenters. The molecule has 0 heterocycles. The summed E-state index contributed by atoms with van der Waals surface area (Å²) in [5.74, 6) is -1.04. The zero-order valence-electron chi connectivity index (χ0n) is 8.95. The minimum Gasteiger partial charge on any atom is -0.480 e. The molecule has 0 bridgehead atoms. The number of carbonyl (C=O) groups excluding carboxylic acids is 1. The van der Waals surface area contributed by atoms with Crippen LogP contribution in [0.15, 0.2) is 12.7 Å². The summed E-state index contributed by atoms with van der Waals surface area (Å²) in [5.41, 5.74) is 0. The Morgan fingerprint density at radius 3 is 2.60 bits per heavy atom. The van der Waals surface area contributed by atoms with Crippen LogP contribution >= 0.6 is 0 Å². The number of hydrogen-bond acceptors (Lipinski definition) is 3. The minimum absolute atomic E-state index is 0.196. The van der Waals surface area contributed by atoms with Crippen LogP contribution < -0.4 is 10.6 Å². The molecule has 0 aliphatic carbocycles. The van der Waals surface area contributed by atoms with Gasteiger partial charge < -0.3 is 15.7 Å². The highest BCUT2D eigenvalue weighted by Gasteiger charge is 2.13. The third-order valence-electron chi connectivity index (χ3n) is 2.05. The van der Waals surface area contributed by atoms with Gasteiger partial charge in [-0.3, -0.25) is 9.59 Å². The highest BCUT2D eigenvalue weighted by atomic mass is 16.4. The number of nitrogens with one attached hydrogen (secondary N) is 2. The van der Waals surface area contributed by atoms with E-state index in [1.807, 2.05) is 0 Å². The summed E-state index contributed by atoms with van der Waals surface area (Å²) in [6.45, 7) is 3.88. The van der Waals surface area contributed by atoms with Gasteiger partial charge in [-0.15, -0.1) is 0 Å². The van der Waals surface area contributed by atoms with Crippen LogP contribution in [-0.4, -0.2) is 36.6 Å². The van der Waals surface area contributed by atoms with Crippen molar-refractivity contribution >= 4 is 11.9 Å². The molecule has 0 aliphatic rings. The molecule has 0 aromatic heterocycles. The van der Waals surface area contributed by atoms with Crippen LogP contribution in [0.3, 0.4) is 0 Å². The van der Waals surface area contributed by atoms with Gasteiger partial charge in [0, 0.05) is 6.54 Å². The third kappa shape index (κ3) is 6.68. The Morgan fingerprint density at radius 2 is 2.13 bits per heavy atom. The van der Waals surface area contributed by atoms with Gasteiger partial charge >= 0.3 is 5.97 Å². The first kappa shape index (κ1) is 13.6. The molecule has 0 spiro atoms. The second kappa shape index (κ2) is 7.99. The maximum absolute atomic E-state index is 10.7. The van der Waals surface area contributed by atoms with E-state index < -0.39 is 12.0 Å². The number of hydrogen-bond donors (Lipinski definition) is 3. The number of aliphatic carboxylic acids is 1. The number of carbonyl (C=O) groups is 2. The Hall–Kier alpha value is -1.36. The largest absolute Gasteiger partial charge is 0.480 e. The van der Waals surface area contributed by atoms with Gasteiger partial charge in [-0.1, -0.05) is 6.58 Å². The van der Waals surface area contributed by atoms with Gasteiger partial charge in [0.2, 0.25) is 5.91 Å². The van der Waals surface area contributed by atoms with E-state index in [-0.39, 0.29) is 5.91 Å². The lowest BCUT2D eigenvalue weighted by atomic mass is 10.1. The van der Waals surface area contributed by atoms with Crippen LogP contribution in [0.2, 0.25) is 0 Å². The number of rotatable bonds is 8. The predicted molar refractivity (Wildman–Crippen MR) is 57.5 cm³/mol. The number of carboxylic acids is 1. The van der Waals surface area contributed by atoms with Crippen molar-refractivity contribution in [3.05, 3.63) is 12.7 Å². The van der Waals surface area contributed by atoms with Crippen molar-refractivity contribution < 1.29 is 14.7 Å². The molecule has 0 saturated heterocycles. The second-order valence-corrected chi connectivity index (χ2v) is 3.17. The normalized spacial score (nSPS) is 11.8. The highest BCUT2D eigenvalue weighted by molar-refractivity contribution is 5.86. The summed E-state index contributed by atoms with van der Waals surface area (Å²) >= 11 is 0. The third-order valence-corrected chi connectivity index (χ3v) is 2.05. The molecule has 0 saturated carbocycles. The summed E-state index contributed by atoms with van der Waals surface area (Å²) in [6.07, 6.45) is 3.31. The molecule has 5 nitrogen and oxygen atoms in total. The smallest absolute Gasteiger partial charge is 0.320 e. The Kier molecular flexibility index (Phi) is 7.27. The molecule has 0 aromatic rings. The Morgan fingerprint density at radius 1 is 1.47 bits per heavy atom. The van der Waals surface area contributed by atoms with Crippen molar-refractivity contribution in [1.82, 2.24) is 10.6 Å². The maximum atomic E-state index is 10.7. The van der Waals surface area contributed by atoms with Gasteiger partial charge in [0.1, 0.15) is 6.04 Å². The maximum Gasteiger partial charge on any atom is 0.320 e. The van der Waals surface area contributed by atoms with Crippen molar-refractivity contribution in [3.8, 4) is 0 Å². The van der Waals surface area contributed by atoms with E-state index in [0.29, 0.717) is 13.0 Å². The molecule has 0 aliphatic heterocycles. The molecular weight excluding hydrogens is 196 g/mol. The quantitative estimate of drug-likeness (QED) is 0.396. The zero-order valence-corrected chi connectivity index (χ0v) is 8.95. The van der Waals surface area contributed by atoms with Crippen LogP contribution in [0.1, 0.15) is 19.3 Å². The molecule has 1 amide bonds. The average molecular weight is 214 g/mol. The first-order chi connectivity index (χ1) is 7.11. The fourth-order valence-electron chi connectivity index (χ4n) is 1.15. The fourth-order valence-corrected chi connectivity index (χ4v) is 1.15.